The van der Waals surface area contributed by atoms with Gasteiger partial charge in [0.2, 0.25) is 0 Å². The van der Waals surface area contributed by atoms with Crippen LogP contribution in [0.5, 0.6) is 0 Å². The van der Waals surface area contributed by atoms with Crippen molar-refractivity contribution < 1.29 is 4.39 Å². The van der Waals surface area contributed by atoms with Crippen LogP contribution in [0.15, 0.2) is 22.7 Å². The van der Waals surface area contributed by atoms with E-state index in [9.17, 15) is 4.39 Å². The quantitative estimate of drug-likeness (QED) is 0.651. The zero-order valence-corrected chi connectivity index (χ0v) is 12.9. The van der Waals surface area contributed by atoms with Crippen molar-refractivity contribution in [2.45, 2.75) is 45.1 Å². The molecular weight excluding hydrogens is 307 g/mol. The molecule has 106 valence electrons. The Morgan fingerprint density at radius 2 is 2.26 bits per heavy atom. The van der Waals surface area contributed by atoms with Crippen LogP contribution in [0.25, 0.3) is 0 Å². The number of hydrazine groups is 1. The van der Waals surface area contributed by atoms with E-state index in [-0.39, 0.29) is 11.9 Å². The number of halogens is 2. The second-order valence-corrected chi connectivity index (χ2v) is 6.66. The standard InChI is InChI=1S/C15H22BrFN2/c1-10-3-2-4-12(7-10)15(19-18)8-11-5-6-13(16)9-14(11)17/h5-6,9-10,12,15,19H,2-4,7-8,18H2,1H3. The molecule has 0 bridgehead atoms. The Hall–Kier alpha value is -0.450. The summed E-state index contributed by atoms with van der Waals surface area (Å²) in [4.78, 5) is 0. The van der Waals surface area contributed by atoms with Gasteiger partial charge >= 0.3 is 0 Å². The Labute approximate surface area is 123 Å². The van der Waals surface area contributed by atoms with Gasteiger partial charge in [-0.25, -0.2) is 4.39 Å². The zero-order chi connectivity index (χ0) is 13.8. The Bertz CT molecular complexity index is 425. The number of nitrogens with two attached hydrogens (primary N) is 1. The second-order valence-electron chi connectivity index (χ2n) is 5.74. The van der Waals surface area contributed by atoms with Crippen LogP contribution >= 0.6 is 15.9 Å². The minimum Gasteiger partial charge on any atom is -0.271 e. The molecule has 0 saturated heterocycles. The third kappa shape index (κ3) is 4.01. The van der Waals surface area contributed by atoms with E-state index in [1.54, 1.807) is 0 Å². The Morgan fingerprint density at radius 1 is 1.47 bits per heavy atom. The van der Waals surface area contributed by atoms with Gasteiger partial charge in [0.05, 0.1) is 0 Å². The van der Waals surface area contributed by atoms with Gasteiger partial charge in [0.15, 0.2) is 0 Å². The average Bonchev–Trinajstić information content (AvgIpc) is 2.38. The van der Waals surface area contributed by atoms with Gasteiger partial charge < -0.3 is 0 Å². The van der Waals surface area contributed by atoms with Crippen molar-refractivity contribution >= 4 is 15.9 Å². The second kappa shape index (κ2) is 6.82. The molecule has 19 heavy (non-hydrogen) atoms. The van der Waals surface area contributed by atoms with Crippen LogP contribution in [0.3, 0.4) is 0 Å². The van der Waals surface area contributed by atoms with E-state index in [4.69, 9.17) is 5.84 Å². The molecule has 4 heteroatoms. The van der Waals surface area contributed by atoms with E-state index < -0.39 is 0 Å². The lowest BCUT2D eigenvalue weighted by atomic mass is 9.77. The van der Waals surface area contributed by atoms with Crippen LogP contribution in [0.2, 0.25) is 0 Å². The topological polar surface area (TPSA) is 38.0 Å². The van der Waals surface area contributed by atoms with Crippen LogP contribution in [0.4, 0.5) is 4.39 Å². The number of rotatable bonds is 4. The van der Waals surface area contributed by atoms with Crippen molar-refractivity contribution in [3.63, 3.8) is 0 Å². The van der Waals surface area contributed by atoms with E-state index >= 15 is 0 Å². The van der Waals surface area contributed by atoms with Gasteiger partial charge in [-0.05, 0) is 48.8 Å². The van der Waals surface area contributed by atoms with Crippen LogP contribution in [0, 0.1) is 17.7 Å². The summed E-state index contributed by atoms with van der Waals surface area (Å²) in [5, 5.41) is 0. The SMILES string of the molecule is CC1CCCC(C(Cc2ccc(Br)cc2F)NN)C1. The van der Waals surface area contributed by atoms with Crippen molar-refractivity contribution in [2.24, 2.45) is 17.7 Å². The van der Waals surface area contributed by atoms with Crippen LogP contribution in [0.1, 0.15) is 38.2 Å². The maximum absolute atomic E-state index is 13.9. The van der Waals surface area contributed by atoms with Crippen LogP contribution in [-0.2, 0) is 6.42 Å². The predicted molar refractivity (Wildman–Crippen MR) is 80.0 cm³/mol. The number of hydrogen-bond acceptors (Lipinski definition) is 2. The summed E-state index contributed by atoms with van der Waals surface area (Å²) in [5.41, 5.74) is 3.64. The molecule has 1 aromatic carbocycles. The van der Waals surface area contributed by atoms with Gasteiger partial charge in [0, 0.05) is 10.5 Å². The van der Waals surface area contributed by atoms with Crippen molar-refractivity contribution in [3.8, 4) is 0 Å². The molecule has 1 aliphatic rings. The largest absolute Gasteiger partial charge is 0.271 e. The van der Waals surface area contributed by atoms with Crippen molar-refractivity contribution in [2.75, 3.05) is 0 Å². The van der Waals surface area contributed by atoms with E-state index in [2.05, 4.69) is 28.3 Å². The van der Waals surface area contributed by atoms with Crippen LogP contribution < -0.4 is 11.3 Å². The third-order valence-electron chi connectivity index (χ3n) is 4.22. The fourth-order valence-corrected chi connectivity index (χ4v) is 3.47. The molecule has 0 aliphatic heterocycles. The molecule has 0 spiro atoms. The lowest BCUT2D eigenvalue weighted by Crippen LogP contribution is -2.44. The molecule has 0 radical (unpaired) electrons. The first kappa shape index (κ1) is 14.9. The fraction of sp³-hybridized carbons (Fsp3) is 0.600. The smallest absolute Gasteiger partial charge is 0.127 e. The number of benzene rings is 1. The summed E-state index contributed by atoms with van der Waals surface area (Å²) < 4.78 is 14.7. The molecular formula is C15H22BrFN2. The Kier molecular flexibility index (Phi) is 5.37. The summed E-state index contributed by atoms with van der Waals surface area (Å²) in [6.45, 7) is 2.29. The summed E-state index contributed by atoms with van der Waals surface area (Å²) in [7, 11) is 0. The molecule has 0 aromatic heterocycles. The maximum atomic E-state index is 13.9. The first-order valence-corrected chi connectivity index (χ1v) is 7.79. The lowest BCUT2D eigenvalue weighted by molar-refractivity contribution is 0.221. The summed E-state index contributed by atoms with van der Waals surface area (Å²) in [5.74, 6) is 6.85. The molecule has 1 saturated carbocycles. The van der Waals surface area contributed by atoms with Crippen molar-refractivity contribution in [1.82, 2.24) is 5.43 Å². The van der Waals surface area contributed by atoms with E-state index in [1.165, 1.54) is 31.7 Å². The number of hydrogen-bond donors (Lipinski definition) is 2. The summed E-state index contributed by atoms with van der Waals surface area (Å²) >= 11 is 3.28. The van der Waals surface area contributed by atoms with E-state index in [1.807, 2.05) is 12.1 Å². The normalized spacial score (nSPS) is 25.3. The molecule has 3 unspecified atom stereocenters. The molecule has 2 nitrogen and oxygen atoms in total. The summed E-state index contributed by atoms with van der Waals surface area (Å²) in [6, 6.07) is 5.41. The molecule has 1 aromatic rings. The van der Waals surface area contributed by atoms with E-state index in [0.717, 1.165) is 16.0 Å². The highest BCUT2D eigenvalue weighted by Gasteiger charge is 2.26. The van der Waals surface area contributed by atoms with Gasteiger partial charge in [-0.1, -0.05) is 41.8 Å². The minimum absolute atomic E-state index is 0.154. The minimum atomic E-state index is -0.154. The molecule has 0 heterocycles. The van der Waals surface area contributed by atoms with Crippen LogP contribution in [-0.4, -0.2) is 6.04 Å². The zero-order valence-electron chi connectivity index (χ0n) is 11.3. The predicted octanol–water partition coefficient (Wildman–Crippen LogP) is 3.79. The molecule has 3 atom stereocenters. The average molecular weight is 329 g/mol. The highest BCUT2D eigenvalue weighted by Crippen LogP contribution is 2.32. The van der Waals surface area contributed by atoms with Gasteiger partial charge in [-0.2, -0.15) is 0 Å². The van der Waals surface area contributed by atoms with Crippen molar-refractivity contribution in [1.29, 1.82) is 0 Å². The monoisotopic (exact) mass is 328 g/mol. The van der Waals surface area contributed by atoms with Gasteiger partial charge in [-0.15, -0.1) is 0 Å². The first-order valence-electron chi connectivity index (χ1n) is 7.00. The summed E-state index contributed by atoms with van der Waals surface area (Å²) in [6.07, 6.45) is 5.60. The molecule has 2 rings (SSSR count). The van der Waals surface area contributed by atoms with Gasteiger partial charge in [0.1, 0.15) is 5.82 Å². The molecule has 1 aliphatic carbocycles. The first-order chi connectivity index (χ1) is 9.10. The number of nitrogens with one attached hydrogen (secondary N) is 1. The fourth-order valence-electron chi connectivity index (χ4n) is 3.13. The van der Waals surface area contributed by atoms with E-state index in [0.29, 0.717) is 12.3 Å². The highest BCUT2D eigenvalue weighted by molar-refractivity contribution is 9.10. The molecule has 3 N–H and O–H groups in total. The third-order valence-corrected chi connectivity index (χ3v) is 4.71. The highest BCUT2D eigenvalue weighted by atomic mass is 79.9. The molecule has 1 fully saturated rings. The maximum Gasteiger partial charge on any atom is 0.127 e. The van der Waals surface area contributed by atoms with Gasteiger partial charge in [-0.3, -0.25) is 11.3 Å². The Morgan fingerprint density at radius 3 is 2.89 bits per heavy atom. The molecule has 0 amide bonds. The Balaban J connectivity index is 2.05. The lowest BCUT2D eigenvalue weighted by Gasteiger charge is -2.33. The van der Waals surface area contributed by atoms with Crippen molar-refractivity contribution in [3.05, 3.63) is 34.1 Å². The van der Waals surface area contributed by atoms with Gasteiger partial charge in [0.25, 0.3) is 0 Å².